The number of hydrogen-bond acceptors (Lipinski definition) is 6. The van der Waals surface area contributed by atoms with Gasteiger partial charge in [-0.1, -0.05) is 29.8 Å². The molecule has 1 fully saturated rings. The number of halogens is 1. The van der Waals surface area contributed by atoms with E-state index < -0.39 is 12.0 Å². The van der Waals surface area contributed by atoms with E-state index in [-0.39, 0.29) is 17.5 Å². The number of para-hydroxylation sites is 1. The smallest absolute Gasteiger partial charge is 0.328 e. The van der Waals surface area contributed by atoms with Crippen LogP contribution in [0.1, 0.15) is 0 Å². The van der Waals surface area contributed by atoms with Crippen molar-refractivity contribution >= 4 is 34.8 Å². The number of rotatable bonds is 3. The summed E-state index contributed by atoms with van der Waals surface area (Å²) in [4.78, 5) is 15.5. The van der Waals surface area contributed by atoms with Crippen molar-refractivity contribution < 1.29 is 9.90 Å². The summed E-state index contributed by atoms with van der Waals surface area (Å²) < 4.78 is 0. The first-order chi connectivity index (χ1) is 11.1. The van der Waals surface area contributed by atoms with Gasteiger partial charge in [0.25, 0.3) is 0 Å². The molecule has 8 heteroatoms. The highest BCUT2D eigenvalue weighted by Gasteiger charge is 2.33. The lowest BCUT2D eigenvalue weighted by atomic mass is 10.1. The predicted octanol–water partition coefficient (Wildman–Crippen LogP) is 1.49. The van der Waals surface area contributed by atoms with Crippen LogP contribution in [0.4, 0.5) is 17.2 Å². The van der Waals surface area contributed by atoms with Gasteiger partial charge in [0, 0.05) is 31.4 Å². The summed E-state index contributed by atoms with van der Waals surface area (Å²) in [6.45, 7) is 1.46. The van der Waals surface area contributed by atoms with Gasteiger partial charge in [-0.3, -0.25) is 0 Å². The van der Waals surface area contributed by atoms with E-state index in [9.17, 15) is 9.90 Å². The molecule has 0 radical (unpaired) electrons. The monoisotopic (exact) mass is 333 g/mol. The Balaban J connectivity index is 1.87. The Kier molecular flexibility index (Phi) is 4.20. The van der Waals surface area contributed by atoms with Gasteiger partial charge in [0.05, 0.1) is 5.69 Å². The van der Waals surface area contributed by atoms with Crippen molar-refractivity contribution in [2.75, 3.05) is 35.2 Å². The SMILES string of the molecule is Nc1nnc(Cl)cc1N1CCN(c2ccccc2)C(C(=O)O)C1. The van der Waals surface area contributed by atoms with Crippen LogP contribution in [0.15, 0.2) is 36.4 Å². The van der Waals surface area contributed by atoms with Gasteiger partial charge in [-0.25, -0.2) is 4.79 Å². The molecule has 0 aliphatic carbocycles. The highest BCUT2D eigenvalue weighted by atomic mass is 35.5. The number of hydrogen-bond donors (Lipinski definition) is 2. The van der Waals surface area contributed by atoms with Gasteiger partial charge < -0.3 is 20.6 Å². The van der Waals surface area contributed by atoms with Crippen molar-refractivity contribution in [1.29, 1.82) is 0 Å². The molecule has 3 rings (SSSR count). The summed E-state index contributed by atoms with van der Waals surface area (Å²) in [5.74, 6) is -0.642. The highest BCUT2D eigenvalue weighted by molar-refractivity contribution is 6.29. The predicted molar refractivity (Wildman–Crippen MR) is 88.9 cm³/mol. The van der Waals surface area contributed by atoms with E-state index in [0.717, 1.165) is 5.69 Å². The standard InChI is InChI=1S/C15H16ClN5O2/c16-13-8-11(14(17)19-18-13)20-6-7-21(12(9-20)15(22)23)10-4-2-1-3-5-10/h1-5,8,12H,6-7,9H2,(H2,17,19)(H,22,23). The van der Waals surface area contributed by atoms with Crippen molar-refractivity contribution in [3.05, 3.63) is 41.6 Å². The molecule has 0 bridgehead atoms. The topological polar surface area (TPSA) is 95.6 Å². The Labute approximate surface area is 138 Å². The Bertz CT molecular complexity index is 712. The summed E-state index contributed by atoms with van der Waals surface area (Å²) in [6, 6.07) is 10.4. The molecular weight excluding hydrogens is 318 g/mol. The van der Waals surface area contributed by atoms with Gasteiger partial charge in [0.2, 0.25) is 0 Å². The largest absolute Gasteiger partial charge is 0.480 e. The first kappa shape index (κ1) is 15.4. The summed E-state index contributed by atoms with van der Waals surface area (Å²) in [5.41, 5.74) is 7.35. The number of carboxylic acid groups (broad SMARTS) is 1. The van der Waals surface area contributed by atoms with Crippen molar-refractivity contribution in [2.45, 2.75) is 6.04 Å². The zero-order valence-electron chi connectivity index (χ0n) is 12.3. The molecule has 1 aliphatic rings. The molecule has 2 heterocycles. The Morgan fingerprint density at radius 1 is 1.26 bits per heavy atom. The lowest BCUT2D eigenvalue weighted by Gasteiger charge is -2.41. The fourth-order valence-electron chi connectivity index (χ4n) is 2.76. The number of carboxylic acids is 1. The third-order valence-corrected chi connectivity index (χ3v) is 4.05. The minimum atomic E-state index is -0.884. The number of nitrogen functional groups attached to an aromatic ring is 1. The van der Waals surface area contributed by atoms with Gasteiger partial charge in [0.15, 0.2) is 11.0 Å². The average molecular weight is 334 g/mol. The van der Waals surface area contributed by atoms with Crippen molar-refractivity contribution in [3.8, 4) is 0 Å². The molecule has 1 saturated heterocycles. The molecule has 0 amide bonds. The van der Waals surface area contributed by atoms with Gasteiger partial charge >= 0.3 is 5.97 Å². The van der Waals surface area contributed by atoms with Gasteiger partial charge in [0.1, 0.15) is 6.04 Å². The Morgan fingerprint density at radius 2 is 2.00 bits per heavy atom. The first-order valence-corrected chi connectivity index (χ1v) is 7.52. The highest BCUT2D eigenvalue weighted by Crippen LogP contribution is 2.28. The summed E-state index contributed by atoms with van der Waals surface area (Å²) >= 11 is 5.88. The number of nitrogens with zero attached hydrogens (tertiary/aromatic N) is 4. The van der Waals surface area contributed by atoms with Crippen LogP contribution >= 0.6 is 11.6 Å². The molecule has 1 unspecified atom stereocenters. The minimum absolute atomic E-state index is 0.228. The zero-order chi connectivity index (χ0) is 16.4. The third kappa shape index (κ3) is 3.14. The number of aromatic nitrogens is 2. The second kappa shape index (κ2) is 6.29. The summed E-state index contributed by atoms with van der Waals surface area (Å²) in [5, 5.41) is 17.3. The molecule has 120 valence electrons. The number of anilines is 3. The van der Waals surface area contributed by atoms with Gasteiger partial charge in [-0.15, -0.1) is 10.2 Å². The minimum Gasteiger partial charge on any atom is -0.480 e. The summed E-state index contributed by atoms with van der Waals surface area (Å²) in [7, 11) is 0. The van der Waals surface area contributed by atoms with E-state index in [1.807, 2.05) is 40.1 Å². The van der Waals surface area contributed by atoms with Crippen LogP contribution in [0.5, 0.6) is 0 Å². The van der Waals surface area contributed by atoms with Crippen molar-refractivity contribution in [1.82, 2.24) is 10.2 Å². The number of piperazine rings is 1. The Hall–Kier alpha value is -2.54. The zero-order valence-corrected chi connectivity index (χ0v) is 13.0. The second-order valence-corrected chi connectivity index (χ2v) is 5.65. The average Bonchev–Trinajstić information content (AvgIpc) is 2.57. The van der Waals surface area contributed by atoms with Crippen LogP contribution in [0.3, 0.4) is 0 Å². The fourth-order valence-corrected chi connectivity index (χ4v) is 2.90. The number of nitrogens with two attached hydrogens (primary N) is 1. The number of carbonyl (C=O) groups is 1. The normalized spacial score (nSPS) is 18.0. The molecule has 1 aromatic carbocycles. The lowest BCUT2D eigenvalue weighted by Crippen LogP contribution is -2.57. The molecule has 1 aromatic heterocycles. The number of benzene rings is 1. The maximum absolute atomic E-state index is 11.7. The maximum Gasteiger partial charge on any atom is 0.328 e. The van der Waals surface area contributed by atoms with Crippen molar-refractivity contribution in [2.24, 2.45) is 0 Å². The fraction of sp³-hybridized carbons (Fsp3) is 0.267. The Morgan fingerprint density at radius 3 is 2.70 bits per heavy atom. The molecule has 1 atom stereocenters. The molecule has 7 nitrogen and oxygen atoms in total. The first-order valence-electron chi connectivity index (χ1n) is 7.14. The van der Waals surface area contributed by atoms with E-state index in [1.54, 1.807) is 6.07 Å². The van der Waals surface area contributed by atoms with Crippen LogP contribution in [0, 0.1) is 0 Å². The summed E-state index contributed by atoms with van der Waals surface area (Å²) in [6.07, 6.45) is 0. The van der Waals surface area contributed by atoms with E-state index in [0.29, 0.717) is 18.8 Å². The molecule has 0 saturated carbocycles. The molecule has 3 N–H and O–H groups in total. The molecule has 0 spiro atoms. The van der Waals surface area contributed by atoms with Crippen LogP contribution in [0.2, 0.25) is 5.15 Å². The van der Waals surface area contributed by atoms with E-state index in [1.165, 1.54) is 0 Å². The van der Waals surface area contributed by atoms with Crippen LogP contribution < -0.4 is 15.5 Å². The van der Waals surface area contributed by atoms with Gasteiger partial charge in [-0.05, 0) is 12.1 Å². The van der Waals surface area contributed by atoms with Gasteiger partial charge in [-0.2, -0.15) is 0 Å². The molecule has 1 aliphatic heterocycles. The molecule has 23 heavy (non-hydrogen) atoms. The molecular formula is C15H16ClN5O2. The molecule has 2 aromatic rings. The van der Waals surface area contributed by atoms with E-state index in [2.05, 4.69) is 10.2 Å². The van der Waals surface area contributed by atoms with Crippen molar-refractivity contribution in [3.63, 3.8) is 0 Å². The lowest BCUT2D eigenvalue weighted by molar-refractivity contribution is -0.138. The van der Waals surface area contributed by atoms with E-state index >= 15 is 0 Å². The van der Waals surface area contributed by atoms with Crippen LogP contribution in [-0.2, 0) is 4.79 Å². The van der Waals surface area contributed by atoms with Crippen LogP contribution in [0.25, 0.3) is 0 Å². The number of aliphatic carboxylic acids is 1. The second-order valence-electron chi connectivity index (χ2n) is 5.27. The maximum atomic E-state index is 11.7. The quantitative estimate of drug-likeness (QED) is 0.878. The van der Waals surface area contributed by atoms with Crippen LogP contribution in [-0.4, -0.2) is 46.9 Å². The van der Waals surface area contributed by atoms with E-state index in [4.69, 9.17) is 17.3 Å². The third-order valence-electron chi connectivity index (χ3n) is 3.87.